The first-order valence-corrected chi connectivity index (χ1v) is 13.3. The van der Waals surface area contributed by atoms with Crippen molar-refractivity contribution in [3.05, 3.63) is 83.2 Å². The summed E-state index contributed by atoms with van der Waals surface area (Å²) in [4.78, 5) is 16.1. The van der Waals surface area contributed by atoms with Gasteiger partial charge in [0, 0.05) is 30.0 Å². The standard InChI is InChI=1S/C31H36N2O3/c1-3-6-22(18-30(34)35)25-12-9-21(2)17-23(25)19-33-31(14-15-31)28-20-32-16-13-26(28)27-7-4-5-8-29(27)36-24-10-11-24/h4-5,7-9,12-13,16-17,20,22,24,33H,3,6,10-11,14-15,18-19H2,1-2H3,(H,34,35). The molecule has 2 aliphatic carbocycles. The lowest BCUT2D eigenvalue weighted by Crippen LogP contribution is -2.30. The Morgan fingerprint density at radius 2 is 1.97 bits per heavy atom. The van der Waals surface area contributed by atoms with E-state index in [9.17, 15) is 9.90 Å². The van der Waals surface area contributed by atoms with Crippen molar-refractivity contribution in [2.45, 2.75) is 82.9 Å². The summed E-state index contributed by atoms with van der Waals surface area (Å²) in [5.74, 6) is 0.236. The molecule has 1 aromatic heterocycles. The van der Waals surface area contributed by atoms with E-state index in [0.29, 0.717) is 12.6 Å². The minimum absolute atomic E-state index is 0.0282. The van der Waals surface area contributed by atoms with Crippen LogP contribution in [0.4, 0.5) is 0 Å². The molecule has 2 aliphatic rings. The number of carboxylic acids is 1. The van der Waals surface area contributed by atoms with Crippen molar-refractivity contribution in [3.63, 3.8) is 0 Å². The number of para-hydroxylation sites is 1. The molecular weight excluding hydrogens is 448 g/mol. The van der Waals surface area contributed by atoms with Gasteiger partial charge in [-0.3, -0.25) is 9.78 Å². The molecule has 0 amide bonds. The first-order chi connectivity index (χ1) is 17.5. The zero-order valence-electron chi connectivity index (χ0n) is 21.3. The van der Waals surface area contributed by atoms with Gasteiger partial charge < -0.3 is 15.2 Å². The lowest BCUT2D eigenvalue weighted by atomic mass is 9.87. The largest absolute Gasteiger partial charge is 0.490 e. The van der Waals surface area contributed by atoms with Crippen molar-refractivity contribution in [2.24, 2.45) is 0 Å². The summed E-state index contributed by atoms with van der Waals surface area (Å²) in [6.07, 6.45) is 10.6. The van der Waals surface area contributed by atoms with Gasteiger partial charge in [0.1, 0.15) is 5.75 Å². The van der Waals surface area contributed by atoms with Gasteiger partial charge in [-0.05, 0) is 79.3 Å². The summed E-state index contributed by atoms with van der Waals surface area (Å²) >= 11 is 0. The van der Waals surface area contributed by atoms with Crippen LogP contribution in [-0.4, -0.2) is 22.2 Å². The number of nitrogens with one attached hydrogen (secondary N) is 1. The van der Waals surface area contributed by atoms with E-state index < -0.39 is 5.97 Å². The minimum atomic E-state index is -0.737. The highest BCUT2D eigenvalue weighted by Gasteiger charge is 2.46. The van der Waals surface area contributed by atoms with Crippen LogP contribution in [0.25, 0.3) is 11.1 Å². The van der Waals surface area contributed by atoms with E-state index in [-0.39, 0.29) is 17.9 Å². The molecule has 0 radical (unpaired) electrons. The van der Waals surface area contributed by atoms with Crippen molar-refractivity contribution in [2.75, 3.05) is 0 Å². The van der Waals surface area contributed by atoms with Crippen molar-refractivity contribution in [1.82, 2.24) is 10.3 Å². The molecule has 1 heterocycles. The third-order valence-corrected chi connectivity index (χ3v) is 7.50. The Morgan fingerprint density at radius 1 is 1.17 bits per heavy atom. The summed E-state index contributed by atoms with van der Waals surface area (Å²) in [6.45, 7) is 4.92. The van der Waals surface area contributed by atoms with E-state index >= 15 is 0 Å². The highest BCUT2D eigenvalue weighted by molar-refractivity contribution is 5.74. The fraction of sp³-hybridized carbons (Fsp3) is 0.419. The van der Waals surface area contributed by atoms with Crippen LogP contribution in [0.2, 0.25) is 0 Å². The van der Waals surface area contributed by atoms with E-state index in [4.69, 9.17) is 4.74 Å². The highest BCUT2D eigenvalue weighted by Crippen LogP contribution is 2.50. The topological polar surface area (TPSA) is 71.5 Å². The Bertz CT molecular complexity index is 1230. The third-order valence-electron chi connectivity index (χ3n) is 7.50. The Morgan fingerprint density at radius 3 is 2.69 bits per heavy atom. The maximum Gasteiger partial charge on any atom is 0.303 e. The fourth-order valence-corrected chi connectivity index (χ4v) is 5.31. The monoisotopic (exact) mass is 484 g/mol. The number of carboxylic acid groups (broad SMARTS) is 1. The number of aliphatic carboxylic acids is 1. The van der Waals surface area contributed by atoms with Gasteiger partial charge >= 0.3 is 5.97 Å². The Hall–Kier alpha value is -3.18. The molecule has 36 heavy (non-hydrogen) atoms. The molecule has 0 saturated heterocycles. The minimum Gasteiger partial charge on any atom is -0.490 e. The number of ether oxygens (including phenoxy) is 1. The van der Waals surface area contributed by atoms with Crippen molar-refractivity contribution >= 4 is 5.97 Å². The van der Waals surface area contributed by atoms with E-state index in [1.807, 2.05) is 18.5 Å². The second-order valence-electron chi connectivity index (χ2n) is 10.5. The smallest absolute Gasteiger partial charge is 0.303 e. The van der Waals surface area contributed by atoms with Crippen LogP contribution in [0.5, 0.6) is 5.75 Å². The predicted octanol–water partition coefficient (Wildman–Crippen LogP) is 6.74. The van der Waals surface area contributed by atoms with Gasteiger partial charge in [0.2, 0.25) is 0 Å². The van der Waals surface area contributed by atoms with Crippen LogP contribution in [-0.2, 0) is 16.9 Å². The van der Waals surface area contributed by atoms with E-state index in [1.54, 1.807) is 0 Å². The SMILES string of the molecule is CCCC(CC(=O)O)c1ccc(C)cc1CNC1(c2cnccc2-c2ccccc2OC2CC2)CC1. The second kappa shape index (κ2) is 10.4. The average molecular weight is 485 g/mol. The predicted molar refractivity (Wildman–Crippen MR) is 142 cm³/mol. The molecule has 2 fully saturated rings. The Labute approximate surface area is 213 Å². The van der Waals surface area contributed by atoms with E-state index in [1.165, 1.54) is 22.3 Å². The molecule has 5 rings (SSSR count). The number of benzene rings is 2. The molecule has 5 heteroatoms. The van der Waals surface area contributed by atoms with Crippen LogP contribution in [0.1, 0.15) is 80.0 Å². The summed E-state index contributed by atoms with van der Waals surface area (Å²) in [6, 6.07) is 16.9. The summed E-state index contributed by atoms with van der Waals surface area (Å²) < 4.78 is 6.25. The van der Waals surface area contributed by atoms with Crippen molar-refractivity contribution in [3.8, 4) is 16.9 Å². The van der Waals surface area contributed by atoms with Gasteiger partial charge in [-0.2, -0.15) is 0 Å². The maximum absolute atomic E-state index is 11.6. The number of rotatable bonds is 12. The second-order valence-corrected chi connectivity index (χ2v) is 10.5. The molecule has 0 aliphatic heterocycles. The molecule has 1 atom stereocenters. The number of carbonyl (C=O) groups is 1. The average Bonchev–Trinajstić information content (AvgIpc) is 3.80. The lowest BCUT2D eigenvalue weighted by Gasteiger charge is -2.24. The molecule has 5 nitrogen and oxygen atoms in total. The number of hydrogen-bond acceptors (Lipinski definition) is 4. The summed E-state index contributed by atoms with van der Waals surface area (Å²) in [5.41, 5.74) is 6.92. The molecule has 188 valence electrons. The summed E-state index contributed by atoms with van der Waals surface area (Å²) in [5, 5.41) is 13.4. The van der Waals surface area contributed by atoms with Crippen LogP contribution in [0, 0.1) is 6.92 Å². The molecule has 2 saturated carbocycles. The molecule has 2 N–H and O–H groups in total. The quantitative estimate of drug-likeness (QED) is 0.298. The van der Waals surface area contributed by atoms with E-state index in [2.05, 4.69) is 66.6 Å². The zero-order valence-corrected chi connectivity index (χ0v) is 21.3. The summed E-state index contributed by atoms with van der Waals surface area (Å²) in [7, 11) is 0. The number of pyridine rings is 1. The van der Waals surface area contributed by atoms with E-state index in [0.717, 1.165) is 55.4 Å². The molecule has 0 spiro atoms. The van der Waals surface area contributed by atoms with Gasteiger partial charge in [-0.15, -0.1) is 0 Å². The van der Waals surface area contributed by atoms with Gasteiger partial charge in [0.15, 0.2) is 0 Å². The lowest BCUT2D eigenvalue weighted by molar-refractivity contribution is -0.137. The number of nitrogens with zero attached hydrogens (tertiary/aromatic N) is 1. The first kappa shape index (κ1) is 24.5. The van der Waals surface area contributed by atoms with Crippen LogP contribution >= 0.6 is 0 Å². The van der Waals surface area contributed by atoms with Crippen LogP contribution in [0.15, 0.2) is 60.9 Å². The number of hydrogen-bond donors (Lipinski definition) is 2. The fourth-order valence-electron chi connectivity index (χ4n) is 5.31. The molecular formula is C31H36N2O3. The zero-order chi connectivity index (χ0) is 25.1. The Kier molecular flexibility index (Phi) is 7.10. The highest BCUT2D eigenvalue weighted by atomic mass is 16.5. The van der Waals surface area contributed by atoms with Crippen molar-refractivity contribution < 1.29 is 14.6 Å². The van der Waals surface area contributed by atoms with Crippen molar-refractivity contribution in [1.29, 1.82) is 0 Å². The van der Waals surface area contributed by atoms with Crippen LogP contribution < -0.4 is 10.1 Å². The van der Waals surface area contributed by atoms with Gasteiger partial charge in [-0.1, -0.05) is 55.3 Å². The molecule has 0 bridgehead atoms. The van der Waals surface area contributed by atoms with Gasteiger partial charge in [-0.25, -0.2) is 0 Å². The van der Waals surface area contributed by atoms with Crippen LogP contribution in [0.3, 0.4) is 0 Å². The van der Waals surface area contributed by atoms with Gasteiger partial charge in [0.05, 0.1) is 12.5 Å². The number of aryl methyl sites for hydroxylation is 1. The third kappa shape index (κ3) is 5.46. The molecule has 3 aromatic rings. The Balaban J connectivity index is 1.43. The maximum atomic E-state index is 11.6. The number of aromatic nitrogens is 1. The normalized spacial score (nSPS) is 16.9. The first-order valence-electron chi connectivity index (χ1n) is 13.3. The van der Waals surface area contributed by atoms with Gasteiger partial charge in [0.25, 0.3) is 0 Å². The molecule has 1 unspecified atom stereocenters. The molecule has 2 aromatic carbocycles.